The molecular formula is C12H8Cl2N4O3. The number of halogens is 2. The number of hydrogen-bond acceptors (Lipinski definition) is 5. The van der Waals surface area contributed by atoms with Crippen LogP contribution in [0, 0.1) is 17.0 Å². The Bertz CT molecular complexity index is 716. The Labute approximate surface area is 129 Å². The van der Waals surface area contributed by atoms with E-state index in [0.29, 0.717) is 5.56 Å². The Balaban J connectivity index is 2.24. The lowest BCUT2D eigenvalue weighted by Gasteiger charge is -2.06. The van der Waals surface area contributed by atoms with E-state index in [0.717, 1.165) is 0 Å². The SMILES string of the molecule is Cc1cc(C(=O)Nc2cc(Cl)nc(Cl)n2)ccc1[N+](=O)[O-]. The van der Waals surface area contributed by atoms with Crippen LogP contribution in [0.3, 0.4) is 0 Å². The van der Waals surface area contributed by atoms with E-state index >= 15 is 0 Å². The highest BCUT2D eigenvalue weighted by Gasteiger charge is 2.14. The third-order valence-electron chi connectivity index (χ3n) is 2.56. The van der Waals surface area contributed by atoms with Crippen molar-refractivity contribution in [3.8, 4) is 0 Å². The molecule has 1 aromatic heterocycles. The zero-order valence-corrected chi connectivity index (χ0v) is 12.1. The van der Waals surface area contributed by atoms with Crippen molar-refractivity contribution in [3.05, 3.63) is 55.9 Å². The molecule has 2 rings (SSSR count). The molecule has 1 aromatic carbocycles. The van der Waals surface area contributed by atoms with E-state index in [1.807, 2.05) is 0 Å². The van der Waals surface area contributed by atoms with Crippen LogP contribution in [0.4, 0.5) is 11.5 Å². The second-order valence-electron chi connectivity index (χ2n) is 4.06. The number of carbonyl (C=O) groups excluding carboxylic acids is 1. The standard InChI is InChI=1S/C12H8Cl2N4O3/c1-6-4-7(2-3-8(6)18(20)21)11(19)16-10-5-9(13)15-12(14)17-10/h2-5H,1H3,(H,15,16,17,19). The topological polar surface area (TPSA) is 98.0 Å². The number of nitro groups is 1. The molecule has 21 heavy (non-hydrogen) atoms. The molecule has 0 bridgehead atoms. The van der Waals surface area contributed by atoms with E-state index in [4.69, 9.17) is 23.2 Å². The van der Waals surface area contributed by atoms with Crippen LogP contribution in [0.25, 0.3) is 0 Å². The fourth-order valence-corrected chi connectivity index (χ4v) is 2.05. The third kappa shape index (κ3) is 3.65. The number of benzene rings is 1. The zero-order chi connectivity index (χ0) is 15.6. The summed E-state index contributed by atoms with van der Waals surface area (Å²) in [5.41, 5.74) is 0.579. The van der Waals surface area contributed by atoms with E-state index in [2.05, 4.69) is 15.3 Å². The van der Waals surface area contributed by atoms with Gasteiger partial charge in [-0.3, -0.25) is 14.9 Å². The first-order chi connectivity index (χ1) is 9.86. The monoisotopic (exact) mass is 326 g/mol. The second-order valence-corrected chi connectivity index (χ2v) is 4.78. The van der Waals surface area contributed by atoms with Gasteiger partial charge in [-0.25, -0.2) is 9.97 Å². The molecule has 2 aromatic rings. The lowest BCUT2D eigenvalue weighted by atomic mass is 10.1. The number of anilines is 1. The van der Waals surface area contributed by atoms with Crippen LogP contribution >= 0.6 is 23.2 Å². The molecule has 0 aliphatic heterocycles. The van der Waals surface area contributed by atoms with Crippen LogP contribution in [-0.2, 0) is 0 Å². The Hall–Kier alpha value is -2.25. The molecule has 108 valence electrons. The Morgan fingerprint density at radius 3 is 2.57 bits per heavy atom. The third-order valence-corrected chi connectivity index (χ3v) is 2.93. The molecule has 1 N–H and O–H groups in total. The van der Waals surface area contributed by atoms with Gasteiger partial charge < -0.3 is 5.32 Å². The average molecular weight is 327 g/mol. The fourth-order valence-electron chi connectivity index (χ4n) is 1.64. The van der Waals surface area contributed by atoms with Crippen LogP contribution < -0.4 is 5.32 Å². The number of amides is 1. The van der Waals surface area contributed by atoms with E-state index in [1.165, 1.54) is 24.3 Å². The van der Waals surface area contributed by atoms with E-state index in [-0.39, 0.29) is 27.5 Å². The first-order valence-electron chi connectivity index (χ1n) is 5.63. The second kappa shape index (κ2) is 6.02. The summed E-state index contributed by atoms with van der Waals surface area (Å²) in [6.45, 7) is 1.55. The molecule has 0 radical (unpaired) electrons. The van der Waals surface area contributed by atoms with Gasteiger partial charge in [-0.15, -0.1) is 0 Å². The van der Waals surface area contributed by atoms with E-state index in [9.17, 15) is 14.9 Å². The number of aromatic nitrogens is 2. The number of nitro benzene ring substituents is 1. The fraction of sp³-hybridized carbons (Fsp3) is 0.0833. The minimum absolute atomic E-state index is 0.0559. The molecule has 0 saturated carbocycles. The molecule has 1 amide bonds. The first-order valence-corrected chi connectivity index (χ1v) is 6.39. The maximum absolute atomic E-state index is 12.0. The highest BCUT2D eigenvalue weighted by molar-refractivity contribution is 6.32. The summed E-state index contributed by atoms with van der Waals surface area (Å²) >= 11 is 11.3. The van der Waals surface area contributed by atoms with Gasteiger partial charge in [-0.05, 0) is 30.7 Å². The number of nitrogens with zero attached hydrogens (tertiary/aromatic N) is 3. The van der Waals surface area contributed by atoms with E-state index in [1.54, 1.807) is 6.92 Å². The molecule has 0 unspecified atom stereocenters. The number of aryl methyl sites for hydroxylation is 1. The lowest BCUT2D eigenvalue weighted by Crippen LogP contribution is -2.13. The minimum Gasteiger partial charge on any atom is -0.306 e. The zero-order valence-electron chi connectivity index (χ0n) is 10.6. The van der Waals surface area contributed by atoms with Crippen LogP contribution in [-0.4, -0.2) is 20.8 Å². The Kier molecular flexibility index (Phi) is 4.35. The van der Waals surface area contributed by atoms with Gasteiger partial charge in [0.2, 0.25) is 5.28 Å². The number of carbonyl (C=O) groups is 1. The first kappa shape index (κ1) is 15.1. The highest BCUT2D eigenvalue weighted by Crippen LogP contribution is 2.20. The maximum atomic E-state index is 12.0. The van der Waals surface area contributed by atoms with Crippen molar-refractivity contribution in [3.63, 3.8) is 0 Å². The summed E-state index contributed by atoms with van der Waals surface area (Å²) in [6, 6.07) is 5.37. The van der Waals surface area contributed by atoms with Crippen LogP contribution in [0.15, 0.2) is 24.3 Å². The summed E-state index contributed by atoms with van der Waals surface area (Å²) in [6.07, 6.45) is 0. The van der Waals surface area contributed by atoms with Gasteiger partial charge in [0, 0.05) is 23.3 Å². The van der Waals surface area contributed by atoms with Crippen molar-refractivity contribution in [2.45, 2.75) is 6.92 Å². The molecule has 0 spiro atoms. The van der Waals surface area contributed by atoms with Gasteiger partial charge >= 0.3 is 0 Å². The minimum atomic E-state index is -0.513. The molecule has 7 nitrogen and oxygen atoms in total. The summed E-state index contributed by atoms with van der Waals surface area (Å²) in [5, 5.41) is 13.2. The quantitative estimate of drug-likeness (QED) is 0.404. The highest BCUT2D eigenvalue weighted by atomic mass is 35.5. The van der Waals surface area contributed by atoms with Crippen molar-refractivity contribution in [2.75, 3.05) is 5.32 Å². The van der Waals surface area contributed by atoms with Gasteiger partial charge in [-0.1, -0.05) is 11.6 Å². The molecule has 9 heteroatoms. The number of nitrogens with one attached hydrogen (secondary N) is 1. The predicted octanol–water partition coefficient (Wildman–Crippen LogP) is 3.25. The van der Waals surface area contributed by atoms with Gasteiger partial charge in [0.1, 0.15) is 11.0 Å². The molecule has 0 aliphatic rings. The largest absolute Gasteiger partial charge is 0.306 e. The molecule has 0 atom stereocenters. The Morgan fingerprint density at radius 2 is 2.00 bits per heavy atom. The molecule has 0 fully saturated rings. The lowest BCUT2D eigenvalue weighted by molar-refractivity contribution is -0.385. The Morgan fingerprint density at radius 1 is 1.29 bits per heavy atom. The van der Waals surface area contributed by atoms with Crippen molar-refractivity contribution in [1.29, 1.82) is 0 Å². The number of rotatable bonds is 3. The van der Waals surface area contributed by atoms with Crippen molar-refractivity contribution in [1.82, 2.24) is 9.97 Å². The smallest absolute Gasteiger partial charge is 0.272 e. The normalized spacial score (nSPS) is 10.2. The molecule has 1 heterocycles. The van der Waals surface area contributed by atoms with Gasteiger partial charge in [-0.2, -0.15) is 0 Å². The van der Waals surface area contributed by atoms with Gasteiger partial charge in [0.05, 0.1) is 4.92 Å². The van der Waals surface area contributed by atoms with Gasteiger partial charge in [0.15, 0.2) is 0 Å². The van der Waals surface area contributed by atoms with Crippen LogP contribution in [0.5, 0.6) is 0 Å². The van der Waals surface area contributed by atoms with E-state index < -0.39 is 10.8 Å². The van der Waals surface area contributed by atoms with Crippen molar-refractivity contribution in [2.24, 2.45) is 0 Å². The summed E-state index contributed by atoms with van der Waals surface area (Å²) < 4.78 is 0. The molecule has 0 aliphatic carbocycles. The summed E-state index contributed by atoms with van der Waals surface area (Å²) in [4.78, 5) is 29.7. The molecule has 0 saturated heterocycles. The molecular weight excluding hydrogens is 319 g/mol. The van der Waals surface area contributed by atoms with Crippen molar-refractivity contribution < 1.29 is 9.72 Å². The predicted molar refractivity (Wildman–Crippen MR) is 77.8 cm³/mol. The summed E-state index contributed by atoms with van der Waals surface area (Å²) in [5.74, 6) is -0.347. The van der Waals surface area contributed by atoms with Crippen LogP contribution in [0.1, 0.15) is 15.9 Å². The average Bonchev–Trinajstić information content (AvgIpc) is 2.36. The maximum Gasteiger partial charge on any atom is 0.272 e. The number of hydrogen-bond donors (Lipinski definition) is 1. The summed E-state index contributed by atoms with van der Waals surface area (Å²) in [7, 11) is 0. The van der Waals surface area contributed by atoms with Gasteiger partial charge in [0.25, 0.3) is 11.6 Å². The van der Waals surface area contributed by atoms with Crippen LogP contribution in [0.2, 0.25) is 10.4 Å². The van der Waals surface area contributed by atoms with Crippen molar-refractivity contribution >= 4 is 40.6 Å².